The number of nitrogens with one attached hydrogen (secondary N) is 1. The van der Waals surface area contributed by atoms with Crippen LogP contribution in [0.4, 0.5) is 5.69 Å². The van der Waals surface area contributed by atoms with Gasteiger partial charge in [-0.25, -0.2) is 13.8 Å². The first-order chi connectivity index (χ1) is 13.9. The molecule has 0 spiro atoms. The molecule has 0 heterocycles. The molecular weight excluding hydrogens is 445 g/mol. The second-order valence-electron chi connectivity index (χ2n) is 7.68. The highest BCUT2D eigenvalue weighted by Gasteiger charge is 2.23. The molecular formula is C21H25Cl2N3O3S. The van der Waals surface area contributed by atoms with Crippen molar-refractivity contribution < 1.29 is 13.2 Å². The molecule has 0 unspecified atom stereocenters. The van der Waals surface area contributed by atoms with Gasteiger partial charge < -0.3 is 0 Å². The molecule has 0 bridgehead atoms. The van der Waals surface area contributed by atoms with E-state index in [0.717, 1.165) is 21.8 Å². The Morgan fingerprint density at radius 3 is 2.30 bits per heavy atom. The Bertz CT molecular complexity index is 1040. The first-order valence-corrected chi connectivity index (χ1v) is 11.8. The van der Waals surface area contributed by atoms with E-state index in [1.807, 2.05) is 37.3 Å². The number of carbonyl (C=O) groups excluding carboxylic acids is 1. The monoisotopic (exact) mass is 469 g/mol. The number of benzene rings is 2. The molecule has 0 aromatic heterocycles. The summed E-state index contributed by atoms with van der Waals surface area (Å²) in [6.45, 7) is 5.58. The number of nitrogens with zero attached hydrogens (tertiary/aromatic N) is 2. The van der Waals surface area contributed by atoms with E-state index < -0.39 is 22.5 Å². The molecule has 2 rings (SSSR count). The lowest BCUT2D eigenvalue weighted by molar-refractivity contribution is -0.119. The van der Waals surface area contributed by atoms with Gasteiger partial charge in [0.1, 0.15) is 6.54 Å². The number of rotatable bonds is 8. The minimum atomic E-state index is -3.72. The van der Waals surface area contributed by atoms with Gasteiger partial charge in [0.15, 0.2) is 0 Å². The zero-order valence-electron chi connectivity index (χ0n) is 17.3. The summed E-state index contributed by atoms with van der Waals surface area (Å²) < 4.78 is 25.3. The fourth-order valence-corrected chi connectivity index (χ4v) is 4.17. The molecule has 0 aliphatic heterocycles. The Kier molecular flexibility index (Phi) is 7.91. The number of amides is 1. The Labute approximate surface area is 187 Å². The SMILES string of the molecule is C/C(CC(C)(C)c1ccccc1)=N\NC(=O)CN(c1ccc(Cl)c(Cl)c1)S(C)(=O)=O. The third-order valence-electron chi connectivity index (χ3n) is 4.50. The molecule has 9 heteroatoms. The summed E-state index contributed by atoms with van der Waals surface area (Å²) in [7, 11) is -3.72. The lowest BCUT2D eigenvalue weighted by Gasteiger charge is -2.25. The fraction of sp³-hybridized carbons (Fsp3) is 0.333. The molecule has 162 valence electrons. The summed E-state index contributed by atoms with van der Waals surface area (Å²) in [4.78, 5) is 12.4. The molecule has 1 amide bonds. The van der Waals surface area contributed by atoms with Gasteiger partial charge in [0.2, 0.25) is 10.0 Å². The predicted octanol–water partition coefficient (Wildman–Crippen LogP) is 4.62. The zero-order chi connectivity index (χ0) is 22.5. The van der Waals surface area contributed by atoms with Gasteiger partial charge in [-0.1, -0.05) is 67.4 Å². The first-order valence-electron chi connectivity index (χ1n) is 9.20. The van der Waals surface area contributed by atoms with Crippen LogP contribution in [-0.2, 0) is 20.2 Å². The second-order valence-corrected chi connectivity index (χ2v) is 10.4. The summed E-state index contributed by atoms with van der Waals surface area (Å²) in [6, 6.07) is 14.4. The number of hydrogen-bond donors (Lipinski definition) is 1. The van der Waals surface area contributed by atoms with Crippen molar-refractivity contribution in [3.63, 3.8) is 0 Å². The molecule has 0 fully saturated rings. The van der Waals surface area contributed by atoms with Crippen molar-refractivity contribution in [3.8, 4) is 0 Å². The number of sulfonamides is 1. The Hall–Kier alpha value is -2.09. The largest absolute Gasteiger partial charge is 0.271 e. The highest BCUT2D eigenvalue weighted by atomic mass is 35.5. The Morgan fingerprint density at radius 2 is 1.73 bits per heavy atom. The van der Waals surface area contributed by atoms with Gasteiger partial charge in [0.25, 0.3) is 5.91 Å². The molecule has 6 nitrogen and oxygen atoms in total. The van der Waals surface area contributed by atoms with Gasteiger partial charge in [0.05, 0.1) is 22.0 Å². The quantitative estimate of drug-likeness (QED) is 0.452. The van der Waals surface area contributed by atoms with E-state index in [1.54, 1.807) is 0 Å². The van der Waals surface area contributed by atoms with E-state index in [2.05, 4.69) is 24.4 Å². The van der Waals surface area contributed by atoms with Crippen LogP contribution in [0.25, 0.3) is 0 Å². The van der Waals surface area contributed by atoms with E-state index in [4.69, 9.17) is 23.2 Å². The normalized spacial score (nSPS) is 12.5. The molecule has 2 aromatic carbocycles. The molecule has 0 atom stereocenters. The molecule has 0 aliphatic rings. The Morgan fingerprint density at radius 1 is 1.10 bits per heavy atom. The van der Waals surface area contributed by atoms with Gasteiger partial charge in [-0.15, -0.1) is 0 Å². The molecule has 0 saturated heterocycles. The van der Waals surface area contributed by atoms with E-state index >= 15 is 0 Å². The summed E-state index contributed by atoms with van der Waals surface area (Å²) in [5.41, 5.74) is 4.39. The Balaban J connectivity index is 2.09. The number of halogens is 2. The van der Waals surface area contributed by atoms with Crippen molar-refractivity contribution in [2.75, 3.05) is 17.1 Å². The molecule has 2 aromatic rings. The fourth-order valence-electron chi connectivity index (χ4n) is 3.03. The summed E-state index contributed by atoms with van der Waals surface area (Å²) in [5.74, 6) is -0.566. The molecule has 0 saturated carbocycles. The van der Waals surface area contributed by atoms with Gasteiger partial charge in [0, 0.05) is 5.71 Å². The second kappa shape index (κ2) is 9.81. The van der Waals surface area contributed by atoms with Crippen molar-refractivity contribution in [3.05, 3.63) is 64.1 Å². The third-order valence-corrected chi connectivity index (χ3v) is 6.38. The maximum atomic E-state index is 12.4. The van der Waals surface area contributed by atoms with Crippen LogP contribution < -0.4 is 9.73 Å². The van der Waals surface area contributed by atoms with Crippen molar-refractivity contribution in [1.82, 2.24) is 5.43 Å². The van der Waals surface area contributed by atoms with Gasteiger partial charge in [-0.3, -0.25) is 9.10 Å². The standard InChI is InChI=1S/C21H25Cl2N3O3S/c1-15(13-21(2,3)16-8-6-5-7-9-16)24-25-20(27)14-26(30(4,28)29)17-10-11-18(22)19(23)12-17/h5-12H,13-14H2,1-4H3,(H,25,27)/b24-15+. The average Bonchev–Trinajstić information content (AvgIpc) is 2.66. The third kappa shape index (κ3) is 6.72. The lowest BCUT2D eigenvalue weighted by atomic mass is 9.80. The minimum Gasteiger partial charge on any atom is -0.271 e. The van der Waals surface area contributed by atoms with Crippen molar-refractivity contribution in [1.29, 1.82) is 0 Å². The van der Waals surface area contributed by atoms with E-state index in [9.17, 15) is 13.2 Å². The maximum absolute atomic E-state index is 12.4. The van der Waals surface area contributed by atoms with E-state index in [0.29, 0.717) is 11.4 Å². The van der Waals surface area contributed by atoms with Crippen LogP contribution >= 0.6 is 23.2 Å². The highest BCUT2D eigenvalue weighted by molar-refractivity contribution is 7.92. The van der Waals surface area contributed by atoms with Crippen LogP contribution in [0.3, 0.4) is 0 Å². The number of hydrazone groups is 1. The summed E-state index contributed by atoms with van der Waals surface area (Å²) in [5, 5.41) is 4.63. The smallest absolute Gasteiger partial charge is 0.260 e. The van der Waals surface area contributed by atoms with Crippen molar-refractivity contribution in [2.24, 2.45) is 5.10 Å². The number of carbonyl (C=O) groups is 1. The highest BCUT2D eigenvalue weighted by Crippen LogP contribution is 2.29. The van der Waals surface area contributed by atoms with Gasteiger partial charge >= 0.3 is 0 Å². The van der Waals surface area contributed by atoms with Crippen molar-refractivity contribution in [2.45, 2.75) is 32.6 Å². The van der Waals surface area contributed by atoms with E-state index in [-0.39, 0.29) is 16.1 Å². The molecule has 1 N–H and O–H groups in total. The van der Waals surface area contributed by atoms with Crippen LogP contribution in [0.2, 0.25) is 10.0 Å². The topological polar surface area (TPSA) is 78.8 Å². The van der Waals surface area contributed by atoms with Gasteiger partial charge in [-0.2, -0.15) is 5.10 Å². The minimum absolute atomic E-state index is 0.168. The molecule has 30 heavy (non-hydrogen) atoms. The summed E-state index contributed by atoms with van der Waals surface area (Å²) in [6.07, 6.45) is 1.64. The first kappa shape index (κ1) is 24.2. The van der Waals surface area contributed by atoms with E-state index in [1.165, 1.54) is 18.2 Å². The zero-order valence-corrected chi connectivity index (χ0v) is 19.6. The average molecular weight is 470 g/mol. The van der Waals surface area contributed by atoms with Crippen LogP contribution in [-0.4, -0.2) is 32.8 Å². The van der Waals surface area contributed by atoms with Crippen LogP contribution in [0.15, 0.2) is 53.6 Å². The lowest BCUT2D eigenvalue weighted by Crippen LogP contribution is -2.39. The van der Waals surface area contributed by atoms with Crippen LogP contribution in [0.1, 0.15) is 32.8 Å². The van der Waals surface area contributed by atoms with Crippen LogP contribution in [0, 0.1) is 0 Å². The molecule has 0 radical (unpaired) electrons. The molecule has 0 aliphatic carbocycles. The number of anilines is 1. The maximum Gasteiger partial charge on any atom is 0.260 e. The number of hydrogen-bond acceptors (Lipinski definition) is 4. The van der Waals surface area contributed by atoms with Crippen molar-refractivity contribution >= 4 is 50.5 Å². The predicted molar refractivity (Wildman–Crippen MR) is 124 cm³/mol. The van der Waals surface area contributed by atoms with Gasteiger partial charge in [-0.05, 0) is 42.5 Å². The van der Waals surface area contributed by atoms with Crippen LogP contribution in [0.5, 0.6) is 0 Å². The summed E-state index contributed by atoms with van der Waals surface area (Å²) >= 11 is 11.9.